The summed E-state index contributed by atoms with van der Waals surface area (Å²) in [6.45, 7) is 1.74. The SMILES string of the molecule is CNC(c1ccc(F)c(C)c1)c1ccoc1Cl. The highest BCUT2D eigenvalue weighted by molar-refractivity contribution is 6.29. The van der Waals surface area contributed by atoms with Crippen LogP contribution in [-0.4, -0.2) is 7.05 Å². The van der Waals surface area contributed by atoms with Gasteiger partial charge in [-0.25, -0.2) is 4.39 Å². The molecule has 1 unspecified atom stereocenters. The average molecular weight is 254 g/mol. The zero-order valence-corrected chi connectivity index (χ0v) is 10.4. The third-order valence-corrected chi connectivity index (χ3v) is 3.07. The van der Waals surface area contributed by atoms with Gasteiger partial charge in [0.25, 0.3) is 0 Å². The fraction of sp³-hybridized carbons (Fsp3) is 0.231. The lowest BCUT2D eigenvalue weighted by Gasteiger charge is -2.16. The summed E-state index contributed by atoms with van der Waals surface area (Å²) in [6.07, 6.45) is 1.54. The second-order valence-corrected chi connectivity index (χ2v) is 4.22. The second kappa shape index (κ2) is 4.90. The molecule has 0 aliphatic rings. The van der Waals surface area contributed by atoms with E-state index in [1.165, 1.54) is 6.07 Å². The Kier molecular flexibility index (Phi) is 3.50. The normalized spacial score (nSPS) is 12.7. The molecule has 2 rings (SSSR count). The molecule has 0 amide bonds. The number of rotatable bonds is 3. The van der Waals surface area contributed by atoms with Crippen molar-refractivity contribution in [2.75, 3.05) is 7.05 Å². The molecule has 90 valence electrons. The molecule has 2 aromatic rings. The van der Waals surface area contributed by atoms with Crippen molar-refractivity contribution in [1.82, 2.24) is 5.32 Å². The van der Waals surface area contributed by atoms with Crippen molar-refractivity contribution < 1.29 is 8.81 Å². The Balaban J connectivity index is 2.42. The molecule has 0 fully saturated rings. The minimum absolute atomic E-state index is 0.0967. The molecule has 0 spiro atoms. The van der Waals surface area contributed by atoms with Crippen LogP contribution in [0.25, 0.3) is 0 Å². The molecule has 4 heteroatoms. The van der Waals surface area contributed by atoms with E-state index in [0.29, 0.717) is 10.8 Å². The van der Waals surface area contributed by atoms with Crippen molar-refractivity contribution >= 4 is 11.6 Å². The van der Waals surface area contributed by atoms with E-state index in [0.717, 1.165) is 11.1 Å². The Morgan fingerprint density at radius 1 is 1.35 bits per heavy atom. The number of aryl methyl sites for hydroxylation is 1. The second-order valence-electron chi connectivity index (χ2n) is 3.88. The molecule has 0 saturated carbocycles. The first-order chi connectivity index (χ1) is 8.13. The van der Waals surface area contributed by atoms with Crippen LogP contribution in [0.5, 0.6) is 0 Å². The monoisotopic (exact) mass is 253 g/mol. The Morgan fingerprint density at radius 2 is 2.12 bits per heavy atom. The molecule has 0 radical (unpaired) electrons. The summed E-state index contributed by atoms with van der Waals surface area (Å²) in [7, 11) is 1.83. The lowest BCUT2D eigenvalue weighted by atomic mass is 9.99. The van der Waals surface area contributed by atoms with Crippen LogP contribution in [0, 0.1) is 12.7 Å². The van der Waals surface area contributed by atoms with E-state index in [9.17, 15) is 4.39 Å². The lowest BCUT2D eigenvalue weighted by molar-refractivity contribution is 0.559. The summed E-state index contributed by atoms with van der Waals surface area (Å²) in [4.78, 5) is 0. The zero-order valence-electron chi connectivity index (χ0n) is 9.63. The molecule has 0 saturated heterocycles. The number of hydrogen-bond acceptors (Lipinski definition) is 2. The molecular formula is C13H13ClFNO. The van der Waals surface area contributed by atoms with Gasteiger partial charge in [-0.15, -0.1) is 0 Å². The van der Waals surface area contributed by atoms with Crippen molar-refractivity contribution in [1.29, 1.82) is 0 Å². The minimum atomic E-state index is -0.207. The number of hydrogen-bond donors (Lipinski definition) is 1. The maximum Gasteiger partial charge on any atom is 0.198 e. The Hall–Kier alpha value is -1.32. The van der Waals surface area contributed by atoms with Crippen molar-refractivity contribution in [2.24, 2.45) is 0 Å². The summed E-state index contributed by atoms with van der Waals surface area (Å²) < 4.78 is 18.3. The standard InChI is InChI=1S/C13H13ClFNO/c1-8-7-9(3-4-11(8)15)12(16-2)10-5-6-17-13(10)14/h3-7,12,16H,1-2H3. The minimum Gasteiger partial charge on any atom is -0.453 e. The van der Waals surface area contributed by atoms with Crippen LogP contribution in [0.1, 0.15) is 22.7 Å². The Morgan fingerprint density at radius 3 is 2.65 bits per heavy atom. The predicted octanol–water partition coefficient (Wildman–Crippen LogP) is 3.69. The molecule has 1 N–H and O–H groups in total. The van der Waals surface area contributed by atoms with Crippen molar-refractivity contribution in [3.63, 3.8) is 0 Å². The highest BCUT2D eigenvalue weighted by Gasteiger charge is 2.17. The van der Waals surface area contributed by atoms with E-state index in [-0.39, 0.29) is 11.9 Å². The van der Waals surface area contributed by atoms with E-state index >= 15 is 0 Å². The van der Waals surface area contributed by atoms with Gasteiger partial charge in [0.1, 0.15) is 5.82 Å². The topological polar surface area (TPSA) is 25.2 Å². The summed E-state index contributed by atoms with van der Waals surface area (Å²) in [5.41, 5.74) is 2.41. The van der Waals surface area contributed by atoms with Crippen LogP contribution >= 0.6 is 11.6 Å². The van der Waals surface area contributed by atoms with Crippen LogP contribution in [0.4, 0.5) is 4.39 Å². The molecule has 1 heterocycles. The molecule has 0 bridgehead atoms. The highest BCUT2D eigenvalue weighted by atomic mass is 35.5. The van der Waals surface area contributed by atoms with Gasteiger partial charge in [-0.05, 0) is 48.8 Å². The highest BCUT2D eigenvalue weighted by Crippen LogP contribution is 2.29. The van der Waals surface area contributed by atoms with Crippen LogP contribution in [-0.2, 0) is 0 Å². The number of nitrogens with one attached hydrogen (secondary N) is 1. The van der Waals surface area contributed by atoms with E-state index < -0.39 is 0 Å². The van der Waals surface area contributed by atoms with Crippen LogP contribution in [0.15, 0.2) is 34.9 Å². The molecule has 1 atom stereocenters. The summed E-state index contributed by atoms with van der Waals surface area (Å²) in [5.74, 6) is -0.207. The maximum atomic E-state index is 13.2. The first-order valence-electron chi connectivity index (χ1n) is 5.29. The van der Waals surface area contributed by atoms with Gasteiger partial charge in [0, 0.05) is 5.56 Å². The van der Waals surface area contributed by atoms with E-state index in [4.69, 9.17) is 16.0 Å². The summed E-state index contributed by atoms with van der Waals surface area (Å²) in [6, 6.07) is 6.72. The molecule has 2 nitrogen and oxygen atoms in total. The molecule has 0 aliphatic heterocycles. The molecule has 0 aliphatic carbocycles. The van der Waals surface area contributed by atoms with Crippen LogP contribution in [0.2, 0.25) is 5.22 Å². The first kappa shape index (κ1) is 12.1. The first-order valence-corrected chi connectivity index (χ1v) is 5.67. The lowest BCUT2D eigenvalue weighted by Crippen LogP contribution is -2.17. The van der Waals surface area contributed by atoms with Gasteiger partial charge in [-0.2, -0.15) is 0 Å². The largest absolute Gasteiger partial charge is 0.453 e. The van der Waals surface area contributed by atoms with Crippen LogP contribution < -0.4 is 5.32 Å². The number of halogens is 2. The quantitative estimate of drug-likeness (QED) is 0.903. The summed E-state index contributed by atoms with van der Waals surface area (Å²) >= 11 is 5.95. The third-order valence-electron chi connectivity index (χ3n) is 2.76. The Bertz CT molecular complexity index is 524. The van der Waals surface area contributed by atoms with E-state index in [1.54, 1.807) is 25.3 Å². The predicted molar refractivity (Wildman–Crippen MR) is 65.8 cm³/mol. The van der Waals surface area contributed by atoms with Gasteiger partial charge in [0.05, 0.1) is 12.3 Å². The van der Waals surface area contributed by atoms with Crippen LogP contribution in [0.3, 0.4) is 0 Å². The average Bonchev–Trinajstić information content (AvgIpc) is 2.71. The van der Waals surface area contributed by atoms with Gasteiger partial charge in [-0.1, -0.05) is 12.1 Å². The molecule has 1 aromatic carbocycles. The molecular weight excluding hydrogens is 241 g/mol. The third kappa shape index (κ3) is 2.35. The van der Waals surface area contributed by atoms with Gasteiger partial charge in [-0.3, -0.25) is 0 Å². The molecule has 1 aromatic heterocycles. The fourth-order valence-electron chi connectivity index (χ4n) is 1.86. The van der Waals surface area contributed by atoms with Crippen molar-refractivity contribution in [3.05, 3.63) is 58.3 Å². The van der Waals surface area contributed by atoms with Gasteiger partial charge >= 0.3 is 0 Å². The van der Waals surface area contributed by atoms with E-state index in [2.05, 4.69) is 5.32 Å². The smallest absolute Gasteiger partial charge is 0.198 e. The number of benzene rings is 1. The van der Waals surface area contributed by atoms with Crippen molar-refractivity contribution in [3.8, 4) is 0 Å². The zero-order chi connectivity index (χ0) is 12.4. The molecule has 17 heavy (non-hydrogen) atoms. The van der Waals surface area contributed by atoms with Crippen molar-refractivity contribution in [2.45, 2.75) is 13.0 Å². The number of furan rings is 1. The van der Waals surface area contributed by atoms with Gasteiger partial charge in [0.15, 0.2) is 5.22 Å². The van der Waals surface area contributed by atoms with E-state index in [1.807, 2.05) is 13.1 Å². The maximum absolute atomic E-state index is 13.2. The summed E-state index contributed by atoms with van der Waals surface area (Å²) in [5, 5.41) is 3.49. The Labute approximate surface area is 104 Å². The van der Waals surface area contributed by atoms with Gasteiger partial charge < -0.3 is 9.73 Å². The fourth-order valence-corrected chi connectivity index (χ4v) is 2.08. The van der Waals surface area contributed by atoms with Gasteiger partial charge in [0.2, 0.25) is 0 Å².